The van der Waals surface area contributed by atoms with E-state index in [0.717, 1.165) is 28.8 Å². The Balaban J connectivity index is 2.03. The van der Waals surface area contributed by atoms with Crippen LogP contribution in [-0.2, 0) is 29.1 Å². The lowest BCUT2D eigenvalue weighted by molar-refractivity contribution is -0.157. The fourth-order valence-electron chi connectivity index (χ4n) is 3.87. The standard InChI is InChI=1S/C20H18N2O4S/c1-3-5-15-14(9-27)10(4-2)12-7-22-16(17(12)21-15)6-11-13(19(22)24)8-26-20(25)18(11)23/h3,5-6,9,18,23H,4,7-8H2,1-2H3/b5-3-. The molecule has 0 radical (unpaired) electrons. The highest BCUT2D eigenvalue weighted by Gasteiger charge is 2.34. The molecule has 2 aromatic rings. The maximum Gasteiger partial charge on any atom is 0.340 e. The van der Waals surface area contributed by atoms with Crippen molar-refractivity contribution in [1.29, 1.82) is 0 Å². The maximum absolute atomic E-state index is 13.0. The van der Waals surface area contributed by atoms with Gasteiger partial charge in [0.05, 0.1) is 29.2 Å². The lowest BCUT2D eigenvalue weighted by Crippen LogP contribution is -2.32. The molecular weight excluding hydrogens is 364 g/mol. The quantitative estimate of drug-likeness (QED) is 0.553. The number of allylic oxidation sites excluding steroid dienone is 1. The van der Waals surface area contributed by atoms with Crippen LogP contribution in [0.4, 0.5) is 0 Å². The van der Waals surface area contributed by atoms with Gasteiger partial charge in [-0.2, -0.15) is 0 Å². The third-order valence-electron chi connectivity index (χ3n) is 5.15. The van der Waals surface area contributed by atoms with Gasteiger partial charge in [0, 0.05) is 22.1 Å². The summed E-state index contributed by atoms with van der Waals surface area (Å²) in [5.41, 5.74) is 5.36. The second-order valence-corrected chi connectivity index (χ2v) is 6.79. The number of cyclic esters (lactones) is 1. The molecule has 1 N–H and O–H groups in total. The molecule has 4 heterocycles. The van der Waals surface area contributed by atoms with Crippen molar-refractivity contribution in [2.24, 2.45) is 0 Å². The van der Waals surface area contributed by atoms with Crippen molar-refractivity contribution < 1.29 is 14.6 Å². The van der Waals surface area contributed by atoms with Gasteiger partial charge in [-0.3, -0.25) is 4.79 Å². The normalized spacial score (nSPS) is 17.4. The number of hydrogen-bond acceptors (Lipinski definition) is 6. The Bertz CT molecular complexity index is 1080. The molecule has 27 heavy (non-hydrogen) atoms. The van der Waals surface area contributed by atoms with Crippen molar-refractivity contribution in [3.05, 3.63) is 56.0 Å². The molecule has 4 rings (SSSR count). The zero-order valence-corrected chi connectivity index (χ0v) is 15.8. The summed E-state index contributed by atoms with van der Waals surface area (Å²) in [6.07, 6.45) is 3.09. The van der Waals surface area contributed by atoms with E-state index in [1.165, 1.54) is 0 Å². The van der Waals surface area contributed by atoms with Gasteiger partial charge in [-0.1, -0.05) is 25.2 Å². The fraction of sp³-hybridized carbons (Fsp3) is 0.300. The summed E-state index contributed by atoms with van der Waals surface area (Å²) in [5, 5.41) is 11.8. The number of aliphatic hydroxyl groups excluding tert-OH is 1. The van der Waals surface area contributed by atoms with E-state index in [2.05, 4.69) is 0 Å². The monoisotopic (exact) mass is 382 g/mol. The summed E-state index contributed by atoms with van der Waals surface area (Å²) in [4.78, 5) is 29.5. The molecule has 2 aliphatic heterocycles. The summed E-state index contributed by atoms with van der Waals surface area (Å²) in [5.74, 6) is -0.738. The Morgan fingerprint density at radius 2 is 2.19 bits per heavy atom. The van der Waals surface area contributed by atoms with Crippen molar-refractivity contribution in [3.8, 4) is 11.4 Å². The van der Waals surface area contributed by atoms with Gasteiger partial charge in [0.1, 0.15) is 6.61 Å². The number of carbonyl (C=O) groups excluding carboxylic acids is 1. The summed E-state index contributed by atoms with van der Waals surface area (Å²) in [7, 11) is 0. The van der Waals surface area contributed by atoms with E-state index in [1.54, 1.807) is 16.0 Å². The van der Waals surface area contributed by atoms with Crippen molar-refractivity contribution in [2.75, 3.05) is 0 Å². The predicted molar refractivity (Wildman–Crippen MR) is 105 cm³/mol. The first kappa shape index (κ1) is 17.8. The van der Waals surface area contributed by atoms with Gasteiger partial charge in [-0.05, 0) is 31.1 Å². The number of carbonyl (C=O) groups is 1. The Morgan fingerprint density at radius 3 is 2.85 bits per heavy atom. The molecule has 2 aliphatic rings. The van der Waals surface area contributed by atoms with Crippen LogP contribution < -0.4 is 5.56 Å². The number of ether oxygens (including phenoxy) is 1. The zero-order chi connectivity index (χ0) is 19.3. The maximum atomic E-state index is 13.0. The molecule has 0 saturated carbocycles. The summed E-state index contributed by atoms with van der Waals surface area (Å²) in [6, 6.07) is 1.69. The molecule has 0 fully saturated rings. The lowest BCUT2D eigenvalue weighted by atomic mass is 9.96. The third-order valence-corrected chi connectivity index (χ3v) is 5.39. The van der Waals surface area contributed by atoms with E-state index in [1.807, 2.05) is 26.0 Å². The topological polar surface area (TPSA) is 81.4 Å². The number of pyridine rings is 2. The van der Waals surface area contributed by atoms with Crippen molar-refractivity contribution in [2.45, 2.75) is 39.5 Å². The van der Waals surface area contributed by atoms with Crippen molar-refractivity contribution in [3.63, 3.8) is 0 Å². The molecule has 0 aromatic carbocycles. The Labute approximate surface area is 161 Å². The predicted octanol–water partition coefficient (Wildman–Crippen LogP) is 2.31. The average Bonchev–Trinajstić information content (AvgIpc) is 3.03. The number of esters is 1. The largest absolute Gasteiger partial charge is 0.458 e. The van der Waals surface area contributed by atoms with Crippen molar-refractivity contribution in [1.82, 2.24) is 9.55 Å². The average molecular weight is 382 g/mol. The molecule has 7 heteroatoms. The molecule has 0 spiro atoms. The van der Waals surface area contributed by atoms with Gasteiger partial charge in [0.25, 0.3) is 5.56 Å². The van der Waals surface area contributed by atoms with Gasteiger partial charge in [0.15, 0.2) is 6.10 Å². The van der Waals surface area contributed by atoms with Crippen LogP contribution in [0.3, 0.4) is 0 Å². The van der Waals surface area contributed by atoms with Gasteiger partial charge >= 0.3 is 5.97 Å². The van der Waals surface area contributed by atoms with E-state index < -0.39 is 12.1 Å². The first-order valence-corrected chi connectivity index (χ1v) is 9.24. The molecule has 1 unspecified atom stereocenters. The number of aromatic nitrogens is 2. The van der Waals surface area contributed by atoms with E-state index >= 15 is 0 Å². The third kappa shape index (κ3) is 2.49. The minimum Gasteiger partial charge on any atom is -0.458 e. The first-order chi connectivity index (χ1) is 13.0. The van der Waals surface area contributed by atoms with E-state index in [-0.39, 0.29) is 12.2 Å². The molecule has 0 amide bonds. The van der Waals surface area contributed by atoms with Gasteiger partial charge in [-0.15, -0.1) is 0 Å². The highest BCUT2D eigenvalue weighted by molar-refractivity contribution is 7.79. The highest BCUT2D eigenvalue weighted by Crippen LogP contribution is 2.37. The number of fused-ring (bicyclic) bond motifs is 4. The Kier molecular flexibility index (Phi) is 4.28. The second kappa shape index (κ2) is 6.51. The van der Waals surface area contributed by atoms with Crippen LogP contribution in [0.15, 0.2) is 16.9 Å². The number of thiocarbonyl (C=S) groups is 1. The van der Waals surface area contributed by atoms with Gasteiger partial charge in [-0.25, -0.2) is 9.78 Å². The van der Waals surface area contributed by atoms with Crippen molar-refractivity contribution >= 4 is 29.6 Å². The fourth-order valence-corrected chi connectivity index (χ4v) is 4.13. The molecule has 1 atom stereocenters. The van der Waals surface area contributed by atoms with E-state index in [4.69, 9.17) is 21.9 Å². The first-order valence-electron chi connectivity index (χ1n) is 8.77. The molecule has 2 aromatic heterocycles. The molecule has 0 saturated heterocycles. The number of aliphatic hydroxyl groups is 1. The SMILES string of the molecule is C/C=C\c1nc2c(c(CC)c1C=S)Cn1c-2cc2c(c1=O)COC(=O)C2O. The van der Waals surface area contributed by atoms with Crippen LogP contribution >= 0.6 is 12.2 Å². The van der Waals surface area contributed by atoms with Crippen LogP contribution in [0.25, 0.3) is 17.5 Å². The van der Waals surface area contributed by atoms with Gasteiger partial charge in [0.2, 0.25) is 0 Å². The Hall–Kier alpha value is -2.64. The van der Waals surface area contributed by atoms with Crippen LogP contribution in [-0.4, -0.2) is 26.0 Å². The summed E-state index contributed by atoms with van der Waals surface area (Å²) in [6.45, 7) is 4.22. The van der Waals surface area contributed by atoms with Crippen LogP contribution in [0.5, 0.6) is 0 Å². The van der Waals surface area contributed by atoms with Gasteiger partial charge < -0.3 is 14.4 Å². The Morgan fingerprint density at radius 1 is 1.41 bits per heavy atom. The molecule has 0 aliphatic carbocycles. The van der Waals surface area contributed by atoms with Crippen LogP contribution in [0.1, 0.15) is 53.5 Å². The number of hydrogen-bond donors (Lipinski definition) is 1. The smallest absolute Gasteiger partial charge is 0.340 e. The molecular formula is C20H18N2O4S. The highest BCUT2D eigenvalue weighted by atomic mass is 32.1. The molecule has 138 valence electrons. The lowest BCUT2D eigenvalue weighted by Gasteiger charge is -2.21. The van der Waals surface area contributed by atoms with E-state index in [9.17, 15) is 14.7 Å². The van der Waals surface area contributed by atoms with E-state index in [0.29, 0.717) is 29.1 Å². The second-order valence-electron chi connectivity index (χ2n) is 6.55. The molecule has 6 nitrogen and oxygen atoms in total. The summed E-state index contributed by atoms with van der Waals surface area (Å²) >= 11 is 5.22. The minimum atomic E-state index is -1.45. The minimum absolute atomic E-state index is 0.121. The van der Waals surface area contributed by atoms with Crippen LogP contribution in [0, 0.1) is 0 Å². The molecule has 0 bridgehead atoms. The number of nitrogens with zero attached hydrogens (tertiary/aromatic N) is 2. The number of rotatable bonds is 3. The zero-order valence-electron chi connectivity index (χ0n) is 15.0. The summed E-state index contributed by atoms with van der Waals surface area (Å²) < 4.78 is 6.55. The van der Waals surface area contributed by atoms with Crippen LogP contribution in [0.2, 0.25) is 0 Å².